The van der Waals surface area contributed by atoms with E-state index in [0.29, 0.717) is 5.69 Å². The van der Waals surface area contributed by atoms with Gasteiger partial charge in [-0.25, -0.2) is 9.97 Å². The zero-order chi connectivity index (χ0) is 17.6. The van der Waals surface area contributed by atoms with Gasteiger partial charge in [-0.15, -0.1) is 0 Å². The molecule has 2 aromatic rings. The fourth-order valence-electron chi connectivity index (χ4n) is 4.04. The predicted octanol–water partition coefficient (Wildman–Crippen LogP) is 1.57. The average Bonchev–Trinajstić information content (AvgIpc) is 2.86. The third kappa shape index (κ3) is 2.15. The Morgan fingerprint density at radius 1 is 1.12 bits per heavy atom. The first kappa shape index (κ1) is 15.7. The van der Waals surface area contributed by atoms with Gasteiger partial charge < -0.3 is 4.90 Å². The second-order valence-electron chi connectivity index (χ2n) is 6.60. The number of pyridine rings is 1. The minimum absolute atomic E-state index is 0.0375. The van der Waals surface area contributed by atoms with Crippen LogP contribution in [0.25, 0.3) is 0 Å². The molecule has 4 rings (SSSR count). The molecule has 0 radical (unpaired) electrons. The van der Waals surface area contributed by atoms with Gasteiger partial charge in [0.25, 0.3) is 11.5 Å². The summed E-state index contributed by atoms with van der Waals surface area (Å²) in [6.07, 6.45) is 7.19. The molecular formula is C18H18N4O3. The third-order valence-corrected chi connectivity index (χ3v) is 5.36. The standard InChI is InChI=1S/C18H18N4O3/c1-21-17(25)14-6-5-12(15(23)13-7-10-19-11-20-13)16(24)22(14)18(21)8-3-2-4-9-18/h5-7,10-11H,2-4,8-9H2,1H3. The van der Waals surface area contributed by atoms with Gasteiger partial charge in [-0.3, -0.25) is 19.0 Å². The lowest BCUT2D eigenvalue weighted by Crippen LogP contribution is -2.50. The first-order valence-corrected chi connectivity index (χ1v) is 8.42. The molecule has 1 fully saturated rings. The molecule has 7 heteroatoms. The molecule has 1 saturated carbocycles. The number of amides is 1. The highest BCUT2D eigenvalue weighted by molar-refractivity contribution is 6.08. The maximum Gasteiger partial charge on any atom is 0.272 e. The summed E-state index contributed by atoms with van der Waals surface area (Å²) in [7, 11) is 1.74. The van der Waals surface area contributed by atoms with Crippen LogP contribution in [0, 0.1) is 0 Å². The number of carbonyl (C=O) groups excluding carboxylic acids is 2. The smallest absolute Gasteiger partial charge is 0.272 e. The molecule has 1 spiro atoms. The van der Waals surface area contributed by atoms with Crippen LogP contribution in [0.1, 0.15) is 58.6 Å². The van der Waals surface area contributed by atoms with Crippen LogP contribution < -0.4 is 5.56 Å². The van der Waals surface area contributed by atoms with Crippen molar-refractivity contribution in [1.29, 1.82) is 0 Å². The van der Waals surface area contributed by atoms with Crippen LogP contribution in [0.2, 0.25) is 0 Å². The van der Waals surface area contributed by atoms with Crippen molar-refractivity contribution in [2.24, 2.45) is 0 Å². The molecule has 0 atom stereocenters. The lowest BCUT2D eigenvalue weighted by molar-refractivity contribution is 0.0271. The zero-order valence-electron chi connectivity index (χ0n) is 13.9. The summed E-state index contributed by atoms with van der Waals surface area (Å²) in [5.41, 5.74) is -0.503. The van der Waals surface area contributed by atoms with Gasteiger partial charge in [-0.2, -0.15) is 0 Å². The second kappa shape index (κ2) is 5.61. The molecule has 7 nitrogen and oxygen atoms in total. The summed E-state index contributed by atoms with van der Waals surface area (Å²) < 4.78 is 1.54. The molecule has 0 aromatic carbocycles. The third-order valence-electron chi connectivity index (χ3n) is 5.36. The number of nitrogens with zero attached hydrogens (tertiary/aromatic N) is 4. The van der Waals surface area contributed by atoms with Crippen LogP contribution in [-0.2, 0) is 5.66 Å². The van der Waals surface area contributed by atoms with Crippen molar-refractivity contribution in [3.63, 3.8) is 0 Å². The van der Waals surface area contributed by atoms with E-state index in [9.17, 15) is 14.4 Å². The second-order valence-corrected chi connectivity index (χ2v) is 6.60. The Balaban J connectivity index is 1.89. The van der Waals surface area contributed by atoms with E-state index in [0.717, 1.165) is 32.1 Å². The molecule has 0 N–H and O–H groups in total. The lowest BCUT2D eigenvalue weighted by Gasteiger charge is -2.40. The zero-order valence-corrected chi connectivity index (χ0v) is 13.9. The molecule has 2 aromatic heterocycles. The van der Waals surface area contributed by atoms with Gasteiger partial charge in [0.1, 0.15) is 23.4 Å². The summed E-state index contributed by atoms with van der Waals surface area (Å²) in [5, 5.41) is 0. The molecule has 0 unspecified atom stereocenters. The van der Waals surface area contributed by atoms with Crippen LogP contribution in [0.15, 0.2) is 35.5 Å². The van der Waals surface area contributed by atoms with Crippen molar-refractivity contribution in [3.05, 3.63) is 58.0 Å². The van der Waals surface area contributed by atoms with Crippen LogP contribution >= 0.6 is 0 Å². The molecule has 1 aliphatic carbocycles. The van der Waals surface area contributed by atoms with Gasteiger partial charge in [0, 0.05) is 13.2 Å². The highest BCUT2D eigenvalue weighted by Crippen LogP contribution is 2.41. The normalized spacial score (nSPS) is 18.4. The molecule has 0 bridgehead atoms. The van der Waals surface area contributed by atoms with Crippen LogP contribution in [-0.4, -0.2) is 38.2 Å². The SMILES string of the molecule is CN1C(=O)c2ccc(C(=O)c3ccncn3)c(=O)n2C12CCCCC2. The number of hydrogen-bond acceptors (Lipinski definition) is 5. The fourth-order valence-corrected chi connectivity index (χ4v) is 4.04. The molecule has 1 amide bonds. The number of fused-ring (bicyclic) bond motifs is 2. The first-order valence-electron chi connectivity index (χ1n) is 8.42. The lowest BCUT2D eigenvalue weighted by atomic mass is 9.88. The highest BCUT2D eigenvalue weighted by Gasteiger charge is 2.49. The Bertz CT molecular complexity index is 914. The van der Waals surface area contributed by atoms with E-state index in [2.05, 4.69) is 9.97 Å². The summed E-state index contributed by atoms with van der Waals surface area (Å²) >= 11 is 0. The summed E-state index contributed by atoms with van der Waals surface area (Å²) in [6, 6.07) is 4.50. The van der Waals surface area contributed by atoms with Gasteiger partial charge in [0.15, 0.2) is 0 Å². The molecule has 25 heavy (non-hydrogen) atoms. The monoisotopic (exact) mass is 338 g/mol. The van der Waals surface area contributed by atoms with E-state index in [1.807, 2.05) is 0 Å². The Labute approximate surface area is 144 Å². The number of ketones is 1. The average molecular weight is 338 g/mol. The minimum Gasteiger partial charge on any atom is -0.317 e. The molecular weight excluding hydrogens is 320 g/mol. The van der Waals surface area contributed by atoms with Crippen LogP contribution in [0.3, 0.4) is 0 Å². The fraction of sp³-hybridized carbons (Fsp3) is 0.389. The van der Waals surface area contributed by atoms with Crippen molar-refractivity contribution < 1.29 is 9.59 Å². The highest BCUT2D eigenvalue weighted by atomic mass is 16.2. The van der Waals surface area contributed by atoms with E-state index in [-0.39, 0.29) is 17.2 Å². The molecule has 3 heterocycles. The van der Waals surface area contributed by atoms with Crippen molar-refractivity contribution in [2.45, 2.75) is 37.8 Å². The predicted molar refractivity (Wildman–Crippen MR) is 89.3 cm³/mol. The Hall–Kier alpha value is -2.83. The van der Waals surface area contributed by atoms with Gasteiger partial charge in [0.2, 0.25) is 5.78 Å². The van der Waals surface area contributed by atoms with Crippen molar-refractivity contribution in [2.75, 3.05) is 7.05 Å². The van der Waals surface area contributed by atoms with E-state index >= 15 is 0 Å². The molecule has 0 saturated heterocycles. The summed E-state index contributed by atoms with van der Waals surface area (Å²) in [6.45, 7) is 0. The Morgan fingerprint density at radius 2 is 1.88 bits per heavy atom. The van der Waals surface area contributed by atoms with E-state index in [1.54, 1.807) is 22.6 Å². The number of rotatable bonds is 2. The van der Waals surface area contributed by atoms with E-state index in [4.69, 9.17) is 0 Å². The largest absolute Gasteiger partial charge is 0.317 e. The van der Waals surface area contributed by atoms with Crippen molar-refractivity contribution in [3.8, 4) is 0 Å². The van der Waals surface area contributed by atoms with Crippen molar-refractivity contribution >= 4 is 11.7 Å². The first-order chi connectivity index (χ1) is 12.1. The Kier molecular flexibility index (Phi) is 3.52. The van der Waals surface area contributed by atoms with Gasteiger partial charge in [-0.1, -0.05) is 6.42 Å². The van der Waals surface area contributed by atoms with E-state index < -0.39 is 17.0 Å². The maximum atomic E-state index is 13.2. The summed E-state index contributed by atoms with van der Waals surface area (Å²) in [4.78, 5) is 47.9. The van der Waals surface area contributed by atoms with Crippen LogP contribution in [0.5, 0.6) is 0 Å². The van der Waals surface area contributed by atoms with Gasteiger partial charge >= 0.3 is 0 Å². The van der Waals surface area contributed by atoms with Gasteiger partial charge in [-0.05, 0) is 43.9 Å². The maximum absolute atomic E-state index is 13.2. The van der Waals surface area contributed by atoms with Gasteiger partial charge in [0.05, 0.1) is 5.56 Å². The van der Waals surface area contributed by atoms with Crippen molar-refractivity contribution in [1.82, 2.24) is 19.4 Å². The number of hydrogen-bond donors (Lipinski definition) is 0. The van der Waals surface area contributed by atoms with Crippen LogP contribution in [0.4, 0.5) is 0 Å². The topological polar surface area (TPSA) is 85.2 Å². The molecule has 128 valence electrons. The number of carbonyl (C=O) groups is 2. The van der Waals surface area contributed by atoms with E-state index in [1.165, 1.54) is 24.7 Å². The molecule has 2 aliphatic rings. The number of aromatic nitrogens is 3. The Morgan fingerprint density at radius 3 is 2.56 bits per heavy atom. The molecule has 1 aliphatic heterocycles. The quantitative estimate of drug-likeness (QED) is 0.776. The minimum atomic E-state index is -0.649. The summed E-state index contributed by atoms with van der Waals surface area (Å²) in [5.74, 6) is -0.615.